The zero-order valence-corrected chi connectivity index (χ0v) is 20.5. The van der Waals surface area contributed by atoms with Crippen LogP contribution in [0.25, 0.3) is 0 Å². The van der Waals surface area contributed by atoms with Crippen molar-refractivity contribution in [3.8, 4) is 0 Å². The molecule has 8 nitrogen and oxygen atoms in total. The fourth-order valence-electron chi connectivity index (χ4n) is 2.36. The largest absolute Gasteiger partial charge is 0.481 e. The number of rotatable bonds is 10. The predicted molar refractivity (Wildman–Crippen MR) is 117 cm³/mol. The van der Waals surface area contributed by atoms with Crippen LogP contribution in [0.15, 0.2) is 0 Å². The van der Waals surface area contributed by atoms with Gasteiger partial charge in [-0.3, -0.25) is 19.2 Å². The van der Waals surface area contributed by atoms with Crippen LogP contribution in [0, 0.1) is 23.7 Å². The molecule has 0 aliphatic rings. The van der Waals surface area contributed by atoms with Crippen LogP contribution in [0.4, 0.5) is 0 Å². The van der Waals surface area contributed by atoms with Gasteiger partial charge in [-0.1, -0.05) is 55.4 Å². The molecule has 2 unspecified atom stereocenters. The van der Waals surface area contributed by atoms with Gasteiger partial charge in [-0.15, -0.1) is 0 Å². The summed E-state index contributed by atoms with van der Waals surface area (Å²) in [5, 5.41) is 15.8. The second-order valence-corrected chi connectivity index (χ2v) is 6.33. The monoisotopic (exact) mass is 436 g/mol. The molecule has 0 aliphatic carbocycles. The summed E-state index contributed by atoms with van der Waals surface area (Å²) in [5.74, 6) is -3.56. The molecule has 180 valence electrons. The average Bonchev–Trinajstić information content (AvgIpc) is 2.67. The van der Waals surface area contributed by atoms with Crippen LogP contribution in [0.3, 0.4) is 0 Å². The summed E-state index contributed by atoms with van der Waals surface area (Å²) in [6.45, 7) is 19.9. The average molecular weight is 437 g/mol. The molecule has 0 saturated heterocycles. The first kappa shape index (κ1) is 35.3. The van der Waals surface area contributed by atoms with Gasteiger partial charge in [0.2, 0.25) is 0 Å². The van der Waals surface area contributed by atoms with E-state index >= 15 is 0 Å². The number of aliphatic carboxylic acids is 2. The number of carbonyl (C=O) groups is 4. The third-order valence-electron chi connectivity index (χ3n) is 3.49. The lowest BCUT2D eigenvalue weighted by Crippen LogP contribution is -2.39. The van der Waals surface area contributed by atoms with E-state index in [-0.39, 0.29) is 36.6 Å². The number of carbonyl (C=O) groups excluding carboxylic acids is 2. The summed E-state index contributed by atoms with van der Waals surface area (Å²) in [5.41, 5.74) is 0. The lowest BCUT2D eigenvalue weighted by molar-refractivity contribution is -0.164. The van der Waals surface area contributed by atoms with E-state index < -0.39 is 23.8 Å². The maximum atomic E-state index is 12.0. The second kappa shape index (κ2) is 23.2. The molecule has 0 aliphatic heterocycles. The first-order valence-electron chi connectivity index (χ1n) is 10.8. The summed E-state index contributed by atoms with van der Waals surface area (Å²) in [6.07, 6.45) is -0.593. The summed E-state index contributed by atoms with van der Waals surface area (Å²) in [7, 11) is 0. The van der Waals surface area contributed by atoms with Gasteiger partial charge in [-0.25, -0.2) is 0 Å². The van der Waals surface area contributed by atoms with E-state index in [1.165, 1.54) is 0 Å². The Morgan fingerprint density at radius 2 is 0.867 bits per heavy atom. The molecule has 0 saturated carbocycles. The highest BCUT2D eigenvalue weighted by Crippen LogP contribution is 2.30. The van der Waals surface area contributed by atoms with E-state index in [1.54, 1.807) is 13.8 Å². The molecule has 2 N–H and O–H groups in total. The summed E-state index contributed by atoms with van der Waals surface area (Å²) in [6, 6.07) is 0. The number of carboxylic acids is 2. The number of ether oxygens (including phenoxy) is 2. The maximum absolute atomic E-state index is 12.0. The molecule has 0 amide bonds. The Morgan fingerprint density at radius 3 is 1.00 bits per heavy atom. The van der Waals surface area contributed by atoms with E-state index in [1.807, 2.05) is 55.4 Å². The highest BCUT2D eigenvalue weighted by atomic mass is 16.5. The molecule has 0 rings (SSSR count). The Bertz CT molecular complexity index is 416. The minimum Gasteiger partial charge on any atom is -0.481 e. The molecule has 0 bridgehead atoms. The SMILES string of the molecule is CC.CC.CCOC(=O)C(C(C)C)C(C(=O)OCC)C(C)C.O=C(O)CCC(=O)O. The van der Waals surface area contributed by atoms with Gasteiger partial charge in [0.25, 0.3) is 0 Å². The van der Waals surface area contributed by atoms with Gasteiger partial charge in [-0.2, -0.15) is 0 Å². The zero-order chi connectivity index (χ0) is 24.9. The third-order valence-corrected chi connectivity index (χ3v) is 3.49. The fourth-order valence-corrected chi connectivity index (χ4v) is 2.36. The van der Waals surface area contributed by atoms with Crippen LogP contribution < -0.4 is 0 Å². The third kappa shape index (κ3) is 19.2. The first-order valence-corrected chi connectivity index (χ1v) is 10.8. The predicted octanol–water partition coefficient (Wildman–Crippen LogP) is 4.65. The Kier molecular flexibility index (Phi) is 27.3. The van der Waals surface area contributed by atoms with Crippen molar-refractivity contribution in [2.75, 3.05) is 13.2 Å². The molecule has 8 heteroatoms. The smallest absolute Gasteiger partial charge is 0.310 e. The van der Waals surface area contributed by atoms with Crippen molar-refractivity contribution in [1.82, 2.24) is 0 Å². The van der Waals surface area contributed by atoms with E-state index in [0.717, 1.165) is 0 Å². The quantitative estimate of drug-likeness (QED) is 0.474. The van der Waals surface area contributed by atoms with Crippen LogP contribution in [0.2, 0.25) is 0 Å². The Balaban J connectivity index is -0.000000235. The van der Waals surface area contributed by atoms with E-state index in [0.29, 0.717) is 13.2 Å². The van der Waals surface area contributed by atoms with Gasteiger partial charge < -0.3 is 19.7 Å². The number of hydrogen-bond donors (Lipinski definition) is 2. The van der Waals surface area contributed by atoms with Gasteiger partial charge in [0, 0.05) is 0 Å². The van der Waals surface area contributed by atoms with Crippen molar-refractivity contribution < 1.29 is 38.9 Å². The lowest BCUT2D eigenvalue weighted by Gasteiger charge is -2.29. The summed E-state index contributed by atoms with van der Waals surface area (Å²) in [4.78, 5) is 43.3. The topological polar surface area (TPSA) is 127 Å². The van der Waals surface area contributed by atoms with Gasteiger partial charge in [0.05, 0.1) is 37.9 Å². The standard InChI is InChI=1S/C14H26O4.C4H6O4.2C2H6/c1-7-17-13(15)11(9(3)4)12(10(5)6)14(16)18-8-2;5-3(6)1-2-4(7)8;2*1-2/h9-12H,7-8H2,1-6H3;1-2H2,(H,5,6)(H,7,8);2*1-2H3. The number of esters is 2. The first-order chi connectivity index (χ1) is 14.0. The molecule has 0 spiro atoms. The molecule has 0 aromatic carbocycles. The normalized spacial score (nSPS) is 11.3. The van der Waals surface area contributed by atoms with Crippen molar-refractivity contribution in [2.45, 2.75) is 82.1 Å². The van der Waals surface area contributed by atoms with Crippen LogP contribution in [0.5, 0.6) is 0 Å². The van der Waals surface area contributed by atoms with Gasteiger partial charge in [0.15, 0.2) is 0 Å². The van der Waals surface area contributed by atoms with Crippen molar-refractivity contribution >= 4 is 23.9 Å². The molecule has 0 aromatic heterocycles. The summed E-state index contributed by atoms with van der Waals surface area (Å²) < 4.78 is 10.2. The van der Waals surface area contributed by atoms with Crippen molar-refractivity contribution in [1.29, 1.82) is 0 Å². The summed E-state index contributed by atoms with van der Waals surface area (Å²) >= 11 is 0. The molecule has 2 atom stereocenters. The Morgan fingerprint density at radius 1 is 0.633 bits per heavy atom. The molecule has 30 heavy (non-hydrogen) atoms. The van der Waals surface area contributed by atoms with Crippen molar-refractivity contribution in [3.63, 3.8) is 0 Å². The van der Waals surface area contributed by atoms with Crippen LogP contribution in [-0.4, -0.2) is 47.3 Å². The van der Waals surface area contributed by atoms with Crippen molar-refractivity contribution in [2.24, 2.45) is 23.7 Å². The van der Waals surface area contributed by atoms with E-state index in [4.69, 9.17) is 19.7 Å². The maximum Gasteiger partial charge on any atom is 0.310 e. The number of hydrogen-bond acceptors (Lipinski definition) is 6. The zero-order valence-electron chi connectivity index (χ0n) is 20.5. The highest BCUT2D eigenvalue weighted by molar-refractivity contribution is 5.82. The van der Waals surface area contributed by atoms with Crippen LogP contribution in [0.1, 0.15) is 82.1 Å². The number of carboxylic acid groups (broad SMARTS) is 2. The molecule has 0 radical (unpaired) electrons. The van der Waals surface area contributed by atoms with Gasteiger partial charge in [-0.05, 0) is 25.7 Å². The minimum atomic E-state index is -1.08. The Hall–Kier alpha value is -2.12. The molecular weight excluding hydrogens is 392 g/mol. The molecule has 0 fully saturated rings. The molecular formula is C22H44O8. The lowest BCUT2D eigenvalue weighted by atomic mass is 9.77. The van der Waals surface area contributed by atoms with Crippen LogP contribution in [-0.2, 0) is 28.7 Å². The van der Waals surface area contributed by atoms with Crippen LogP contribution >= 0.6 is 0 Å². The molecule has 0 aromatic rings. The van der Waals surface area contributed by atoms with E-state index in [9.17, 15) is 19.2 Å². The van der Waals surface area contributed by atoms with Gasteiger partial charge in [0.1, 0.15) is 0 Å². The fraction of sp³-hybridized carbons (Fsp3) is 0.818. The van der Waals surface area contributed by atoms with Crippen molar-refractivity contribution in [3.05, 3.63) is 0 Å². The molecule has 0 heterocycles. The minimum absolute atomic E-state index is 0.0425. The second-order valence-electron chi connectivity index (χ2n) is 6.33. The Labute approximate surface area is 182 Å². The van der Waals surface area contributed by atoms with E-state index in [2.05, 4.69) is 0 Å². The highest BCUT2D eigenvalue weighted by Gasteiger charge is 2.39. The van der Waals surface area contributed by atoms with Gasteiger partial charge >= 0.3 is 23.9 Å².